The van der Waals surface area contributed by atoms with E-state index in [0.717, 1.165) is 11.1 Å². The van der Waals surface area contributed by atoms with Crippen molar-refractivity contribution in [1.29, 1.82) is 0 Å². The van der Waals surface area contributed by atoms with E-state index in [4.69, 9.17) is 14.5 Å². The van der Waals surface area contributed by atoms with Gasteiger partial charge in [-0.15, -0.1) is 0 Å². The van der Waals surface area contributed by atoms with Crippen LogP contribution in [0.5, 0.6) is 0 Å². The van der Waals surface area contributed by atoms with Crippen LogP contribution in [-0.4, -0.2) is 62.8 Å². The van der Waals surface area contributed by atoms with Gasteiger partial charge in [0, 0.05) is 42.7 Å². The van der Waals surface area contributed by atoms with Crippen LogP contribution in [0, 0.1) is 17.7 Å². The number of hydrogen-bond acceptors (Lipinski definition) is 5. The summed E-state index contributed by atoms with van der Waals surface area (Å²) in [7, 11) is 0. The lowest BCUT2D eigenvalue weighted by Gasteiger charge is -2.48. The molecule has 3 heterocycles. The third-order valence-corrected chi connectivity index (χ3v) is 7.93. The number of nitrogens with zero attached hydrogens (tertiary/aromatic N) is 3. The van der Waals surface area contributed by atoms with E-state index in [-0.39, 0.29) is 34.7 Å². The summed E-state index contributed by atoms with van der Waals surface area (Å²) in [6.07, 6.45) is 0.742. The zero-order chi connectivity index (χ0) is 28.3. The molecule has 0 spiro atoms. The highest BCUT2D eigenvalue weighted by molar-refractivity contribution is 5.97. The van der Waals surface area contributed by atoms with Gasteiger partial charge in [-0.05, 0) is 62.4 Å². The van der Waals surface area contributed by atoms with E-state index in [9.17, 15) is 18.8 Å². The summed E-state index contributed by atoms with van der Waals surface area (Å²) in [5.41, 5.74) is 2.46. The van der Waals surface area contributed by atoms with Crippen molar-refractivity contribution in [2.24, 2.45) is 11.8 Å². The second-order valence-corrected chi connectivity index (χ2v) is 12.4. The molecular weight excluding hydrogens is 501 g/mol. The number of carbonyl (C=O) groups is 3. The molecule has 39 heavy (non-hydrogen) atoms. The minimum absolute atomic E-state index is 0.0382. The van der Waals surface area contributed by atoms with Gasteiger partial charge in [0.2, 0.25) is 5.91 Å². The smallest absolute Gasteiger partial charge is 0.306 e. The summed E-state index contributed by atoms with van der Waals surface area (Å²) in [6.45, 7) is 11.1. The van der Waals surface area contributed by atoms with Gasteiger partial charge in [0.05, 0.1) is 17.2 Å². The molecule has 2 amide bonds. The van der Waals surface area contributed by atoms with Crippen LogP contribution in [0.4, 0.5) is 4.39 Å². The molecule has 0 atom stereocenters. The summed E-state index contributed by atoms with van der Waals surface area (Å²) >= 11 is 0. The van der Waals surface area contributed by atoms with Gasteiger partial charge in [0.25, 0.3) is 5.91 Å². The Hall–Kier alpha value is -3.75. The molecule has 9 heteroatoms. The highest BCUT2D eigenvalue weighted by Gasteiger charge is 2.45. The second-order valence-electron chi connectivity index (χ2n) is 12.4. The lowest BCUT2D eigenvalue weighted by Crippen LogP contribution is -2.63. The number of halogens is 1. The highest BCUT2D eigenvalue weighted by Crippen LogP contribution is 2.38. The van der Waals surface area contributed by atoms with Crippen molar-refractivity contribution < 1.29 is 28.3 Å². The van der Waals surface area contributed by atoms with E-state index in [1.807, 2.05) is 19.9 Å². The topological polar surface area (TPSA) is 104 Å². The maximum Gasteiger partial charge on any atom is 0.306 e. The van der Waals surface area contributed by atoms with Gasteiger partial charge in [0.1, 0.15) is 11.3 Å². The fourth-order valence-electron chi connectivity index (χ4n) is 5.58. The van der Waals surface area contributed by atoms with Crippen LogP contribution in [0.15, 0.2) is 40.8 Å². The van der Waals surface area contributed by atoms with E-state index in [0.29, 0.717) is 49.3 Å². The first-order chi connectivity index (χ1) is 18.2. The lowest BCUT2D eigenvalue weighted by molar-refractivity contribution is -0.153. The summed E-state index contributed by atoms with van der Waals surface area (Å²) in [4.78, 5) is 46.1. The molecule has 1 aromatic carbocycles. The fraction of sp³-hybridized carbons (Fsp3) is 0.467. The van der Waals surface area contributed by atoms with Crippen LogP contribution in [0.25, 0.3) is 22.4 Å². The number of aliphatic carboxylic acids is 1. The average molecular weight is 536 g/mol. The van der Waals surface area contributed by atoms with E-state index in [1.165, 1.54) is 12.1 Å². The molecule has 1 N–H and O–H groups in total. The summed E-state index contributed by atoms with van der Waals surface area (Å²) in [5.74, 6) is -2.03. The molecule has 206 valence electrons. The van der Waals surface area contributed by atoms with Crippen molar-refractivity contribution in [3.8, 4) is 11.3 Å². The monoisotopic (exact) mass is 535 g/mol. The Bertz CT molecular complexity index is 1450. The van der Waals surface area contributed by atoms with Gasteiger partial charge >= 0.3 is 5.97 Å². The Morgan fingerprint density at radius 3 is 2.31 bits per heavy atom. The Kier molecular flexibility index (Phi) is 6.51. The third kappa shape index (κ3) is 5.02. The first kappa shape index (κ1) is 26.8. The number of carbonyl (C=O) groups excluding carboxylic acids is 2. The first-order valence-electron chi connectivity index (χ1n) is 13.3. The molecule has 1 saturated carbocycles. The molecule has 0 bridgehead atoms. The molecule has 2 aromatic heterocycles. The predicted octanol–water partition coefficient (Wildman–Crippen LogP) is 5.11. The van der Waals surface area contributed by atoms with Gasteiger partial charge < -0.3 is 19.3 Å². The van der Waals surface area contributed by atoms with Crippen LogP contribution < -0.4 is 0 Å². The number of rotatable bonds is 4. The van der Waals surface area contributed by atoms with Crippen LogP contribution in [-0.2, 0) is 15.0 Å². The first-order valence-corrected chi connectivity index (χ1v) is 13.3. The molecule has 0 unspecified atom stereocenters. The molecule has 5 rings (SSSR count). The van der Waals surface area contributed by atoms with Crippen molar-refractivity contribution in [1.82, 2.24) is 14.8 Å². The highest BCUT2D eigenvalue weighted by atomic mass is 19.1. The maximum absolute atomic E-state index is 13.7. The molecule has 3 aromatic rings. The number of benzene rings is 1. The number of amides is 2. The molecule has 1 aliphatic heterocycles. The molecule has 1 aliphatic carbocycles. The SMILES string of the molecule is CC(C)(C)c1cc(-c2ccc(F)cc2)nc2cc(C(=O)N3CCN(C(=O)C4CC(C(=O)O)C4)CC3(C)C)oc12. The predicted molar refractivity (Wildman–Crippen MR) is 144 cm³/mol. The number of fused-ring (bicyclic) bond motifs is 1. The van der Waals surface area contributed by atoms with Gasteiger partial charge in [0.15, 0.2) is 11.3 Å². The number of pyridine rings is 1. The summed E-state index contributed by atoms with van der Waals surface area (Å²) < 4.78 is 19.7. The number of carboxylic acids is 1. The Labute approximate surface area is 226 Å². The third-order valence-electron chi connectivity index (χ3n) is 7.93. The lowest BCUT2D eigenvalue weighted by atomic mass is 9.74. The van der Waals surface area contributed by atoms with Crippen LogP contribution in [0.2, 0.25) is 0 Å². The van der Waals surface area contributed by atoms with Crippen molar-refractivity contribution >= 4 is 28.9 Å². The van der Waals surface area contributed by atoms with Crippen LogP contribution in [0.3, 0.4) is 0 Å². The molecule has 2 fully saturated rings. The Morgan fingerprint density at radius 2 is 1.72 bits per heavy atom. The molecular formula is C30H34FN3O5. The normalized spacial score (nSPS) is 21.1. The van der Waals surface area contributed by atoms with Gasteiger partial charge in [-0.2, -0.15) is 0 Å². The number of piperazine rings is 1. The Morgan fingerprint density at radius 1 is 1.05 bits per heavy atom. The standard InChI is InChI=1S/C30H34FN3O5/c1-29(2,3)21-14-22(17-6-8-20(31)9-7-17)32-23-15-24(39-25(21)23)27(36)34-11-10-33(16-30(34,4)5)26(35)18-12-19(13-18)28(37)38/h6-9,14-15,18-19H,10-13,16H2,1-5H3,(H,37,38). The van der Waals surface area contributed by atoms with E-state index < -0.39 is 17.4 Å². The Balaban J connectivity index is 1.40. The van der Waals surface area contributed by atoms with Crippen LogP contribution >= 0.6 is 0 Å². The number of carboxylic acid groups (broad SMARTS) is 1. The van der Waals surface area contributed by atoms with Crippen molar-refractivity contribution in [2.75, 3.05) is 19.6 Å². The van der Waals surface area contributed by atoms with Gasteiger partial charge in [-0.3, -0.25) is 14.4 Å². The van der Waals surface area contributed by atoms with E-state index in [1.54, 1.807) is 28.0 Å². The van der Waals surface area contributed by atoms with E-state index >= 15 is 0 Å². The van der Waals surface area contributed by atoms with Crippen molar-refractivity contribution in [3.05, 3.63) is 53.5 Å². The zero-order valence-corrected chi connectivity index (χ0v) is 23.0. The number of aromatic nitrogens is 1. The summed E-state index contributed by atoms with van der Waals surface area (Å²) in [5, 5.41) is 9.13. The number of hydrogen-bond donors (Lipinski definition) is 1. The minimum atomic E-state index is -0.852. The zero-order valence-electron chi connectivity index (χ0n) is 23.0. The van der Waals surface area contributed by atoms with Crippen molar-refractivity contribution in [2.45, 2.75) is 58.4 Å². The van der Waals surface area contributed by atoms with Crippen molar-refractivity contribution in [3.63, 3.8) is 0 Å². The van der Waals surface area contributed by atoms with Gasteiger partial charge in [-0.25, -0.2) is 9.37 Å². The molecule has 0 radical (unpaired) electrons. The summed E-state index contributed by atoms with van der Waals surface area (Å²) in [6, 6.07) is 9.73. The fourth-order valence-corrected chi connectivity index (χ4v) is 5.58. The molecule has 1 saturated heterocycles. The van der Waals surface area contributed by atoms with Crippen LogP contribution in [0.1, 0.15) is 63.6 Å². The largest absolute Gasteiger partial charge is 0.481 e. The maximum atomic E-state index is 13.7. The minimum Gasteiger partial charge on any atom is -0.481 e. The van der Waals surface area contributed by atoms with Gasteiger partial charge in [-0.1, -0.05) is 20.8 Å². The average Bonchev–Trinajstić information content (AvgIpc) is 3.25. The van der Waals surface area contributed by atoms with E-state index in [2.05, 4.69) is 20.8 Å². The number of furan rings is 1. The second kappa shape index (κ2) is 9.47. The quantitative estimate of drug-likeness (QED) is 0.498. The molecule has 2 aliphatic rings. The molecule has 8 nitrogen and oxygen atoms in total.